The lowest BCUT2D eigenvalue weighted by Crippen LogP contribution is -2.44. The van der Waals surface area contributed by atoms with Gasteiger partial charge in [0.25, 0.3) is 5.91 Å². The summed E-state index contributed by atoms with van der Waals surface area (Å²) in [5.74, 6) is -0.121. The van der Waals surface area contributed by atoms with Gasteiger partial charge in [0.15, 0.2) is 0 Å². The van der Waals surface area contributed by atoms with Crippen molar-refractivity contribution in [1.29, 1.82) is 0 Å². The second-order valence-corrected chi connectivity index (χ2v) is 5.66. The van der Waals surface area contributed by atoms with Gasteiger partial charge in [0.05, 0.1) is 0 Å². The molecule has 0 radical (unpaired) electrons. The number of nitrogens with one attached hydrogen (secondary N) is 1. The molecule has 0 bridgehead atoms. The van der Waals surface area contributed by atoms with Gasteiger partial charge in [0.2, 0.25) is 0 Å². The zero-order valence-corrected chi connectivity index (χ0v) is 13.3. The number of likely N-dealkylation sites (N-methyl/N-ethyl adjacent to an activating group) is 1. The van der Waals surface area contributed by atoms with Crippen LogP contribution in [0.2, 0.25) is 0 Å². The predicted octanol–water partition coefficient (Wildman–Crippen LogP) is 1.72. The minimum Gasteiger partial charge on any atom is -0.372 e. The number of methoxy groups -OCH3 is 1. The van der Waals surface area contributed by atoms with Crippen molar-refractivity contribution in [3.8, 4) is 0 Å². The molecule has 0 unspecified atom stereocenters. The van der Waals surface area contributed by atoms with E-state index in [1.807, 2.05) is 12.1 Å². The van der Waals surface area contributed by atoms with Crippen molar-refractivity contribution in [3.63, 3.8) is 0 Å². The Morgan fingerprint density at radius 3 is 2.52 bits per heavy atom. The van der Waals surface area contributed by atoms with Crippen LogP contribution in [0.1, 0.15) is 12.5 Å². The van der Waals surface area contributed by atoms with Crippen molar-refractivity contribution >= 4 is 17.3 Å². The summed E-state index contributed by atoms with van der Waals surface area (Å²) in [6, 6.07) is 6.07. The van der Waals surface area contributed by atoms with Gasteiger partial charge in [-0.15, -0.1) is 0 Å². The topological polar surface area (TPSA) is 44.8 Å². The largest absolute Gasteiger partial charge is 0.372 e. The molecule has 0 aromatic heterocycles. The van der Waals surface area contributed by atoms with Gasteiger partial charge in [-0.1, -0.05) is 0 Å². The van der Waals surface area contributed by atoms with Gasteiger partial charge < -0.3 is 19.9 Å². The van der Waals surface area contributed by atoms with E-state index >= 15 is 0 Å². The van der Waals surface area contributed by atoms with Crippen LogP contribution in [0.15, 0.2) is 18.2 Å². The van der Waals surface area contributed by atoms with Crippen LogP contribution in [-0.4, -0.2) is 57.2 Å². The Morgan fingerprint density at radius 2 is 1.95 bits per heavy atom. The van der Waals surface area contributed by atoms with Gasteiger partial charge in [-0.05, 0) is 44.7 Å². The fourth-order valence-electron chi connectivity index (χ4n) is 2.49. The van der Waals surface area contributed by atoms with Crippen LogP contribution in [0.25, 0.3) is 0 Å². The lowest BCUT2D eigenvalue weighted by atomic mass is 10.1. The van der Waals surface area contributed by atoms with Crippen LogP contribution >= 0.6 is 0 Å². The number of carbonyl (C=O) groups excluding carboxylic acids is 1. The molecule has 1 aliphatic heterocycles. The van der Waals surface area contributed by atoms with E-state index in [4.69, 9.17) is 4.74 Å². The normalized spacial score (nSPS) is 17.6. The highest BCUT2D eigenvalue weighted by atomic mass is 16.5. The van der Waals surface area contributed by atoms with Crippen LogP contribution in [0.4, 0.5) is 11.4 Å². The Labute approximate surface area is 126 Å². The standard InChI is InChI=1S/C16H25N3O2/c1-12-11-14(17-16(20)13(2)21-4)5-6-15(12)19-9-7-18(3)8-10-19/h5-6,11,13H,7-10H2,1-4H3,(H,17,20)/t13-/m0/s1. The zero-order valence-electron chi connectivity index (χ0n) is 13.3. The highest BCUT2D eigenvalue weighted by molar-refractivity contribution is 5.94. The van der Waals surface area contributed by atoms with E-state index in [2.05, 4.69) is 35.2 Å². The van der Waals surface area contributed by atoms with Crippen LogP contribution < -0.4 is 10.2 Å². The molecule has 0 aliphatic carbocycles. The predicted molar refractivity (Wildman–Crippen MR) is 86.0 cm³/mol. The molecule has 1 heterocycles. The molecule has 5 heteroatoms. The summed E-state index contributed by atoms with van der Waals surface area (Å²) in [6.07, 6.45) is -0.442. The molecule has 2 rings (SSSR count). The Kier molecular flexibility index (Phi) is 5.20. The maximum Gasteiger partial charge on any atom is 0.253 e. The van der Waals surface area contributed by atoms with Crippen molar-refractivity contribution in [2.24, 2.45) is 0 Å². The van der Waals surface area contributed by atoms with Crippen LogP contribution in [-0.2, 0) is 9.53 Å². The third-order valence-electron chi connectivity index (χ3n) is 4.03. The van der Waals surface area contributed by atoms with E-state index in [0.717, 1.165) is 31.9 Å². The molecule has 5 nitrogen and oxygen atoms in total. The van der Waals surface area contributed by atoms with E-state index in [9.17, 15) is 4.79 Å². The Bertz CT molecular complexity index is 496. The van der Waals surface area contributed by atoms with Gasteiger partial charge in [-0.3, -0.25) is 4.79 Å². The third-order valence-corrected chi connectivity index (χ3v) is 4.03. The molecule has 116 valence electrons. The Hall–Kier alpha value is -1.59. The van der Waals surface area contributed by atoms with E-state index in [1.54, 1.807) is 6.92 Å². The van der Waals surface area contributed by atoms with Crippen molar-refractivity contribution < 1.29 is 9.53 Å². The van der Waals surface area contributed by atoms with Crippen LogP contribution in [0, 0.1) is 6.92 Å². The maximum absolute atomic E-state index is 11.8. The first-order chi connectivity index (χ1) is 10.0. The second-order valence-electron chi connectivity index (χ2n) is 5.66. The summed E-state index contributed by atoms with van der Waals surface area (Å²) in [4.78, 5) is 16.6. The van der Waals surface area contributed by atoms with Crippen molar-refractivity contribution in [2.75, 3.05) is 50.6 Å². The molecule has 21 heavy (non-hydrogen) atoms. The molecule has 1 N–H and O–H groups in total. The highest BCUT2D eigenvalue weighted by Gasteiger charge is 2.17. The van der Waals surface area contributed by atoms with Gasteiger partial charge in [-0.25, -0.2) is 0 Å². The first-order valence-corrected chi connectivity index (χ1v) is 7.39. The fourth-order valence-corrected chi connectivity index (χ4v) is 2.49. The maximum atomic E-state index is 11.8. The molecule has 1 fully saturated rings. The summed E-state index contributed by atoms with van der Waals surface area (Å²) in [6.45, 7) is 8.09. The SMILES string of the molecule is CO[C@@H](C)C(=O)Nc1ccc(N2CCN(C)CC2)c(C)c1. The second kappa shape index (κ2) is 6.91. The minimum atomic E-state index is -0.442. The van der Waals surface area contributed by atoms with Gasteiger partial charge in [0, 0.05) is 44.7 Å². The lowest BCUT2D eigenvalue weighted by Gasteiger charge is -2.35. The number of carbonyl (C=O) groups is 1. The molecule has 1 atom stereocenters. The Balaban J connectivity index is 2.05. The monoisotopic (exact) mass is 291 g/mol. The third kappa shape index (κ3) is 3.95. The number of piperazine rings is 1. The number of hydrogen-bond donors (Lipinski definition) is 1. The summed E-state index contributed by atoms with van der Waals surface area (Å²) in [7, 11) is 3.69. The molecule has 1 amide bonds. The minimum absolute atomic E-state index is 0.121. The number of benzene rings is 1. The number of nitrogens with zero attached hydrogens (tertiary/aromatic N) is 2. The molecule has 1 aromatic carbocycles. The number of amides is 1. The first-order valence-electron chi connectivity index (χ1n) is 7.39. The molecule has 0 spiro atoms. The van der Waals surface area contributed by atoms with E-state index < -0.39 is 6.10 Å². The summed E-state index contributed by atoms with van der Waals surface area (Å²) in [5.41, 5.74) is 3.25. The number of ether oxygens (including phenoxy) is 1. The number of hydrogen-bond acceptors (Lipinski definition) is 4. The van der Waals surface area contributed by atoms with Crippen LogP contribution in [0.3, 0.4) is 0 Å². The smallest absolute Gasteiger partial charge is 0.253 e. The van der Waals surface area contributed by atoms with E-state index in [1.165, 1.54) is 18.4 Å². The lowest BCUT2D eigenvalue weighted by molar-refractivity contribution is -0.124. The number of rotatable bonds is 4. The van der Waals surface area contributed by atoms with Crippen LogP contribution in [0.5, 0.6) is 0 Å². The summed E-state index contributed by atoms with van der Waals surface area (Å²) < 4.78 is 5.02. The van der Waals surface area contributed by atoms with E-state index in [0.29, 0.717) is 0 Å². The number of aryl methyl sites for hydroxylation is 1. The van der Waals surface area contributed by atoms with Crippen molar-refractivity contribution in [2.45, 2.75) is 20.0 Å². The number of anilines is 2. The van der Waals surface area contributed by atoms with Gasteiger partial charge >= 0.3 is 0 Å². The molecule has 1 aliphatic rings. The summed E-state index contributed by atoms with van der Waals surface area (Å²) >= 11 is 0. The van der Waals surface area contributed by atoms with Gasteiger partial charge in [0.1, 0.15) is 6.10 Å². The molecule has 1 aromatic rings. The Morgan fingerprint density at radius 1 is 1.29 bits per heavy atom. The fraction of sp³-hybridized carbons (Fsp3) is 0.562. The van der Waals surface area contributed by atoms with E-state index in [-0.39, 0.29) is 5.91 Å². The quantitative estimate of drug-likeness (QED) is 0.917. The first kappa shape index (κ1) is 15.8. The average molecular weight is 291 g/mol. The molecular formula is C16H25N3O2. The summed E-state index contributed by atoms with van der Waals surface area (Å²) in [5, 5.41) is 2.88. The van der Waals surface area contributed by atoms with Crippen molar-refractivity contribution in [1.82, 2.24) is 4.90 Å². The van der Waals surface area contributed by atoms with Crippen molar-refractivity contribution in [3.05, 3.63) is 23.8 Å². The molecular weight excluding hydrogens is 266 g/mol. The highest BCUT2D eigenvalue weighted by Crippen LogP contribution is 2.24. The average Bonchev–Trinajstić information content (AvgIpc) is 2.47. The molecule has 1 saturated heterocycles. The molecule has 0 saturated carbocycles. The zero-order chi connectivity index (χ0) is 15.4. The van der Waals surface area contributed by atoms with Gasteiger partial charge in [-0.2, -0.15) is 0 Å².